The molecule has 1 aromatic carbocycles. The van der Waals surface area contributed by atoms with Gasteiger partial charge in [0.05, 0.1) is 5.52 Å². The number of fused-ring (bicyclic) bond motifs is 1. The van der Waals surface area contributed by atoms with Crippen LogP contribution in [0.4, 0.5) is 0 Å². The molecule has 0 spiro atoms. The number of piperazine rings is 1. The average Bonchev–Trinajstić information content (AvgIpc) is 2.72. The van der Waals surface area contributed by atoms with E-state index < -0.39 is 0 Å². The summed E-state index contributed by atoms with van der Waals surface area (Å²) >= 11 is 0. The van der Waals surface area contributed by atoms with Crippen LogP contribution in [0.1, 0.15) is 6.92 Å². The number of hydrogen-bond donors (Lipinski definition) is 1. The van der Waals surface area contributed by atoms with E-state index in [1.807, 2.05) is 24.3 Å². The molecule has 1 atom stereocenters. The second-order valence-corrected chi connectivity index (χ2v) is 5.14. The van der Waals surface area contributed by atoms with E-state index in [1.54, 1.807) is 4.57 Å². The third-order valence-electron chi connectivity index (χ3n) is 3.67. The van der Waals surface area contributed by atoms with Crippen LogP contribution in [-0.2, 0) is 6.54 Å². The van der Waals surface area contributed by atoms with Gasteiger partial charge in [-0.3, -0.25) is 9.47 Å². The lowest BCUT2D eigenvalue weighted by atomic mass is 10.2. The van der Waals surface area contributed by atoms with Gasteiger partial charge in [0.15, 0.2) is 5.58 Å². The summed E-state index contributed by atoms with van der Waals surface area (Å²) in [6.45, 7) is 6.84. The van der Waals surface area contributed by atoms with Crippen molar-refractivity contribution in [2.75, 3.05) is 26.2 Å². The second kappa shape index (κ2) is 5.19. The van der Waals surface area contributed by atoms with Crippen LogP contribution in [0.3, 0.4) is 0 Å². The van der Waals surface area contributed by atoms with Crippen molar-refractivity contribution >= 4 is 11.1 Å². The number of aromatic nitrogens is 1. The van der Waals surface area contributed by atoms with Gasteiger partial charge in [0.1, 0.15) is 0 Å². The first-order valence-electron chi connectivity index (χ1n) is 6.78. The molecule has 0 radical (unpaired) electrons. The van der Waals surface area contributed by atoms with Crippen molar-refractivity contribution in [2.24, 2.45) is 0 Å². The minimum absolute atomic E-state index is 0.260. The van der Waals surface area contributed by atoms with Crippen LogP contribution in [0.25, 0.3) is 11.1 Å². The van der Waals surface area contributed by atoms with Crippen LogP contribution in [0.5, 0.6) is 0 Å². The monoisotopic (exact) mass is 261 g/mol. The molecule has 2 aromatic rings. The molecule has 102 valence electrons. The lowest BCUT2D eigenvalue weighted by Gasteiger charge is -2.31. The number of rotatable bonds is 3. The molecule has 2 heterocycles. The molecule has 1 saturated heterocycles. The Bertz CT molecular complexity index is 616. The Morgan fingerprint density at radius 2 is 2.21 bits per heavy atom. The molecule has 1 unspecified atom stereocenters. The standard InChI is InChI=1S/C14H19N3O2/c1-11-10-16(7-6-15-11)8-9-17-12-4-2-3-5-13(12)19-14(17)18/h2-5,11,15H,6-10H2,1H3. The molecular formula is C14H19N3O2. The van der Waals surface area contributed by atoms with Crippen molar-refractivity contribution in [2.45, 2.75) is 19.5 Å². The zero-order chi connectivity index (χ0) is 13.2. The number of nitrogens with one attached hydrogen (secondary N) is 1. The van der Waals surface area contributed by atoms with Crippen LogP contribution in [0.15, 0.2) is 33.5 Å². The van der Waals surface area contributed by atoms with Crippen molar-refractivity contribution in [1.82, 2.24) is 14.8 Å². The van der Waals surface area contributed by atoms with Gasteiger partial charge in [-0.2, -0.15) is 0 Å². The predicted octanol–water partition coefficient (Wildman–Crippen LogP) is 0.888. The van der Waals surface area contributed by atoms with Gasteiger partial charge >= 0.3 is 5.76 Å². The molecule has 1 N–H and O–H groups in total. The van der Waals surface area contributed by atoms with Crippen molar-refractivity contribution in [1.29, 1.82) is 0 Å². The predicted molar refractivity (Wildman–Crippen MR) is 74.4 cm³/mol. The Morgan fingerprint density at radius 3 is 3.05 bits per heavy atom. The van der Waals surface area contributed by atoms with Gasteiger partial charge in [0, 0.05) is 38.8 Å². The van der Waals surface area contributed by atoms with Crippen LogP contribution in [-0.4, -0.2) is 41.7 Å². The van der Waals surface area contributed by atoms with E-state index in [0.717, 1.165) is 31.7 Å². The van der Waals surface area contributed by atoms with Gasteiger partial charge in [0.25, 0.3) is 0 Å². The summed E-state index contributed by atoms with van der Waals surface area (Å²) in [5.74, 6) is -0.260. The topological polar surface area (TPSA) is 50.4 Å². The van der Waals surface area contributed by atoms with Gasteiger partial charge in [-0.1, -0.05) is 12.1 Å². The highest BCUT2D eigenvalue weighted by Gasteiger charge is 2.16. The van der Waals surface area contributed by atoms with Gasteiger partial charge < -0.3 is 9.73 Å². The number of para-hydroxylation sites is 2. The Labute approximate surface area is 111 Å². The van der Waals surface area contributed by atoms with E-state index in [0.29, 0.717) is 18.2 Å². The summed E-state index contributed by atoms with van der Waals surface area (Å²) in [7, 11) is 0. The molecule has 0 aliphatic carbocycles. The fraction of sp³-hybridized carbons (Fsp3) is 0.500. The normalized spacial score (nSPS) is 21.0. The van der Waals surface area contributed by atoms with Crippen LogP contribution in [0, 0.1) is 0 Å². The molecule has 1 aliphatic heterocycles. The number of hydrogen-bond acceptors (Lipinski definition) is 4. The molecule has 1 aromatic heterocycles. The van der Waals surface area contributed by atoms with Gasteiger partial charge in [-0.05, 0) is 19.1 Å². The fourth-order valence-corrected chi connectivity index (χ4v) is 2.68. The summed E-state index contributed by atoms with van der Waals surface area (Å²) in [5.41, 5.74) is 1.55. The summed E-state index contributed by atoms with van der Waals surface area (Å²) < 4.78 is 6.96. The zero-order valence-electron chi connectivity index (χ0n) is 11.1. The van der Waals surface area contributed by atoms with Crippen molar-refractivity contribution in [3.8, 4) is 0 Å². The Hall–Kier alpha value is -1.59. The van der Waals surface area contributed by atoms with E-state index in [9.17, 15) is 4.79 Å². The van der Waals surface area contributed by atoms with E-state index in [4.69, 9.17) is 4.42 Å². The van der Waals surface area contributed by atoms with Gasteiger partial charge in [-0.25, -0.2) is 4.79 Å². The first kappa shape index (κ1) is 12.4. The summed E-state index contributed by atoms with van der Waals surface area (Å²) in [4.78, 5) is 14.2. The quantitative estimate of drug-likeness (QED) is 0.891. The first-order valence-corrected chi connectivity index (χ1v) is 6.78. The Morgan fingerprint density at radius 1 is 1.37 bits per heavy atom. The Balaban J connectivity index is 1.75. The molecule has 19 heavy (non-hydrogen) atoms. The smallest absolute Gasteiger partial charge is 0.408 e. The van der Waals surface area contributed by atoms with Crippen LogP contribution < -0.4 is 11.1 Å². The largest absolute Gasteiger partial charge is 0.419 e. The van der Waals surface area contributed by atoms with Crippen molar-refractivity contribution < 1.29 is 4.42 Å². The lowest BCUT2D eigenvalue weighted by Crippen LogP contribution is -2.50. The average molecular weight is 261 g/mol. The second-order valence-electron chi connectivity index (χ2n) is 5.14. The maximum absolute atomic E-state index is 11.8. The highest BCUT2D eigenvalue weighted by Crippen LogP contribution is 2.11. The minimum atomic E-state index is -0.260. The number of benzene rings is 1. The molecule has 1 fully saturated rings. The highest BCUT2D eigenvalue weighted by molar-refractivity contribution is 5.72. The van der Waals surface area contributed by atoms with Gasteiger partial charge in [0.2, 0.25) is 0 Å². The van der Waals surface area contributed by atoms with Crippen LogP contribution >= 0.6 is 0 Å². The summed E-state index contributed by atoms with van der Waals surface area (Å²) in [5, 5.41) is 3.42. The first-order chi connectivity index (χ1) is 9.24. The third kappa shape index (κ3) is 2.57. The third-order valence-corrected chi connectivity index (χ3v) is 3.67. The fourth-order valence-electron chi connectivity index (χ4n) is 2.68. The highest BCUT2D eigenvalue weighted by atomic mass is 16.4. The molecule has 0 bridgehead atoms. The maximum Gasteiger partial charge on any atom is 0.419 e. The van der Waals surface area contributed by atoms with E-state index in [-0.39, 0.29) is 5.76 Å². The molecule has 0 amide bonds. The zero-order valence-corrected chi connectivity index (χ0v) is 11.1. The summed E-state index contributed by atoms with van der Waals surface area (Å²) in [6.07, 6.45) is 0. The molecular weight excluding hydrogens is 242 g/mol. The molecule has 3 rings (SSSR count). The molecule has 5 nitrogen and oxygen atoms in total. The van der Waals surface area contributed by atoms with E-state index in [1.165, 1.54) is 0 Å². The summed E-state index contributed by atoms with van der Waals surface area (Å²) in [6, 6.07) is 8.10. The van der Waals surface area contributed by atoms with E-state index in [2.05, 4.69) is 17.1 Å². The Kier molecular flexibility index (Phi) is 3.40. The maximum atomic E-state index is 11.8. The van der Waals surface area contributed by atoms with Crippen molar-refractivity contribution in [3.63, 3.8) is 0 Å². The minimum Gasteiger partial charge on any atom is -0.408 e. The number of oxazole rings is 1. The van der Waals surface area contributed by atoms with Crippen LogP contribution in [0.2, 0.25) is 0 Å². The molecule has 1 aliphatic rings. The molecule has 5 heteroatoms. The van der Waals surface area contributed by atoms with E-state index >= 15 is 0 Å². The number of nitrogens with zero attached hydrogens (tertiary/aromatic N) is 2. The SMILES string of the molecule is CC1CN(CCn2c(=O)oc3ccccc32)CCN1. The lowest BCUT2D eigenvalue weighted by molar-refractivity contribution is 0.199. The van der Waals surface area contributed by atoms with Crippen molar-refractivity contribution in [3.05, 3.63) is 34.8 Å². The van der Waals surface area contributed by atoms with Gasteiger partial charge in [-0.15, -0.1) is 0 Å². The molecule has 0 saturated carbocycles.